The third kappa shape index (κ3) is 3.44. The fourth-order valence-corrected chi connectivity index (χ4v) is 2.32. The van der Waals surface area contributed by atoms with E-state index in [0.717, 1.165) is 11.1 Å². The van der Waals surface area contributed by atoms with Crippen molar-refractivity contribution in [1.82, 2.24) is 15.0 Å². The van der Waals surface area contributed by atoms with Crippen LogP contribution in [0.1, 0.15) is 16.7 Å². The number of pyridine rings is 3. The molecule has 7 heteroatoms. The maximum atomic E-state index is 14.0. The molecule has 0 aromatic carbocycles. The molecule has 3 heterocycles. The normalized spacial score (nSPS) is 10.6. The molecular formula is C17H14ClFN4O. The first-order valence-electron chi connectivity index (χ1n) is 7.16. The van der Waals surface area contributed by atoms with Crippen LogP contribution >= 0.6 is 11.6 Å². The van der Waals surface area contributed by atoms with Gasteiger partial charge in [-0.1, -0.05) is 11.6 Å². The van der Waals surface area contributed by atoms with Crippen LogP contribution in [-0.2, 0) is 6.42 Å². The second kappa shape index (κ2) is 6.80. The van der Waals surface area contributed by atoms with Gasteiger partial charge in [-0.3, -0.25) is 4.98 Å². The number of anilines is 1. The second-order valence-electron chi connectivity index (χ2n) is 5.18. The highest BCUT2D eigenvalue weighted by molar-refractivity contribution is 6.30. The third-order valence-corrected chi connectivity index (χ3v) is 3.79. The zero-order valence-electron chi connectivity index (χ0n) is 12.8. The summed E-state index contributed by atoms with van der Waals surface area (Å²) >= 11 is 5.81. The van der Waals surface area contributed by atoms with Crippen LogP contribution in [0.5, 0.6) is 11.6 Å². The van der Waals surface area contributed by atoms with Crippen molar-refractivity contribution in [3.63, 3.8) is 0 Å². The van der Waals surface area contributed by atoms with Crippen LogP contribution in [0.2, 0.25) is 5.02 Å². The van der Waals surface area contributed by atoms with Crippen molar-refractivity contribution in [3.8, 4) is 11.6 Å². The van der Waals surface area contributed by atoms with Crippen LogP contribution in [0, 0.1) is 12.7 Å². The molecular weight excluding hydrogens is 331 g/mol. The molecule has 3 aromatic rings. The van der Waals surface area contributed by atoms with E-state index in [1.54, 1.807) is 30.6 Å². The maximum Gasteiger partial charge on any atom is 0.219 e. The van der Waals surface area contributed by atoms with Gasteiger partial charge in [0.25, 0.3) is 0 Å². The van der Waals surface area contributed by atoms with Gasteiger partial charge in [-0.25, -0.2) is 14.4 Å². The standard InChI is InChI=1S/C17H14ClFN4O/c1-10-12(6-11-4-5-22-17(20)16(11)19)7-21-9-14(10)24-15-3-2-13(18)8-23-15/h2-5,7-9H,6H2,1H3,(H2,20,22). The van der Waals surface area contributed by atoms with Gasteiger partial charge in [0.15, 0.2) is 17.4 Å². The molecule has 0 spiro atoms. The minimum absolute atomic E-state index is 0.115. The van der Waals surface area contributed by atoms with E-state index >= 15 is 0 Å². The molecule has 0 aliphatic heterocycles. The quantitative estimate of drug-likeness (QED) is 0.776. The first-order valence-corrected chi connectivity index (χ1v) is 7.54. The summed E-state index contributed by atoms with van der Waals surface area (Å²) in [4.78, 5) is 12.0. The van der Waals surface area contributed by atoms with Crippen LogP contribution in [0.4, 0.5) is 10.2 Å². The van der Waals surface area contributed by atoms with E-state index in [1.165, 1.54) is 12.4 Å². The number of nitrogen functional groups attached to an aromatic ring is 1. The lowest BCUT2D eigenvalue weighted by atomic mass is 10.0. The van der Waals surface area contributed by atoms with Crippen molar-refractivity contribution in [3.05, 3.63) is 70.5 Å². The fourth-order valence-electron chi connectivity index (χ4n) is 2.21. The maximum absolute atomic E-state index is 14.0. The summed E-state index contributed by atoms with van der Waals surface area (Å²) in [5.41, 5.74) is 7.63. The summed E-state index contributed by atoms with van der Waals surface area (Å²) in [6.07, 6.45) is 6.58. The Balaban J connectivity index is 1.88. The number of ether oxygens (including phenoxy) is 1. The Hall–Kier alpha value is -2.73. The van der Waals surface area contributed by atoms with Crippen molar-refractivity contribution in [1.29, 1.82) is 0 Å². The zero-order chi connectivity index (χ0) is 17.1. The van der Waals surface area contributed by atoms with Gasteiger partial charge in [-0.05, 0) is 35.7 Å². The molecule has 0 bridgehead atoms. The molecule has 0 amide bonds. The van der Waals surface area contributed by atoms with Gasteiger partial charge in [-0.15, -0.1) is 0 Å². The molecule has 0 saturated carbocycles. The summed E-state index contributed by atoms with van der Waals surface area (Å²) in [6, 6.07) is 4.95. The molecule has 0 aliphatic carbocycles. The van der Waals surface area contributed by atoms with E-state index in [-0.39, 0.29) is 5.82 Å². The Labute approximate surface area is 143 Å². The van der Waals surface area contributed by atoms with Gasteiger partial charge in [0, 0.05) is 31.1 Å². The van der Waals surface area contributed by atoms with Gasteiger partial charge in [0.05, 0.1) is 11.2 Å². The summed E-state index contributed by atoms with van der Waals surface area (Å²) < 4.78 is 19.8. The predicted octanol–water partition coefficient (Wildman–Crippen LogP) is 3.94. The molecule has 3 aromatic heterocycles. The summed E-state index contributed by atoms with van der Waals surface area (Å²) in [5, 5.41) is 0.525. The van der Waals surface area contributed by atoms with Crippen LogP contribution in [-0.4, -0.2) is 15.0 Å². The SMILES string of the molecule is Cc1c(Cc2ccnc(N)c2F)cncc1Oc1ccc(Cl)cn1. The van der Waals surface area contributed by atoms with Gasteiger partial charge in [0.2, 0.25) is 5.88 Å². The van der Waals surface area contributed by atoms with Crippen molar-refractivity contribution in [2.45, 2.75) is 13.3 Å². The summed E-state index contributed by atoms with van der Waals surface area (Å²) in [5.74, 6) is 0.323. The van der Waals surface area contributed by atoms with Crippen LogP contribution in [0.15, 0.2) is 43.0 Å². The molecule has 0 saturated heterocycles. The Morgan fingerprint density at radius 3 is 2.71 bits per heavy atom. The Morgan fingerprint density at radius 2 is 1.96 bits per heavy atom. The van der Waals surface area contributed by atoms with Crippen LogP contribution in [0.25, 0.3) is 0 Å². The number of aromatic nitrogens is 3. The number of hydrogen-bond donors (Lipinski definition) is 1. The first-order chi connectivity index (χ1) is 11.5. The number of nitrogens with two attached hydrogens (primary N) is 1. The number of halogens is 2. The minimum atomic E-state index is -0.511. The second-order valence-corrected chi connectivity index (χ2v) is 5.62. The number of rotatable bonds is 4. The van der Waals surface area contributed by atoms with E-state index < -0.39 is 5.82 Å². The van der Waals surface area contributed by atoms with Gasteiger partial charge in [0.1, 0.15) is 0 Å². The summed E-state index contributed by atoms with van der Waals surface area (Å²) in [6.45, 7) is 1.88. The fraction of sp³-hybridized carbons (Fsp3) is 0.118. The van der Waals surface area contributed by atoms with E-state index in [2.05, 4.69) is 15.0 Å². The van der Waals surface area contributed by atoms with Crippen molar-refractivity contribution >= 4 is 17.4 Å². The Bertz CT molecular complexity index is 871. The predicted molar refractivity (Wildman–Crippen MR) is 89.7 cm³/mol. The molecule has 0 radical (unpaired) electrons. The van der Waals surface area contributed by atoms with E-state index in [9.17, 15) is 4.39 Å². The monoisotopic (exact) mass is 344 g/mol. The molecule has 24 heavy (non-hydrogen) atoms. The number of hydrogen-bond acceptors (Lipinski definition) is 5. The van der Waals surface area contributed by atoms with Crippen LogP contribution in [0.3, 0.4) is 0 Å². The molecule has 2 N–H and O–H groups in total. The number of nitrogens with zero attached hydrogens (tertiary/aromatic N) is 3. The van der Waals surface area contributed by atoms with Gasteiger partial charge >= 0.3 is 0 Å². The van der Waals surface area contributed by atoms with Crippen molar-refractivity contribution in [2.75, 3.05) is 5.73 Å². The molecule has 0 aliphatic rings. The lowest BCUT2D eigenvalue weighted by Gasteiger charge is -2.12. The minimum Gasteiger partial charge on any atom is -0.437 e. The van der Waals surface area contributed by atoms with Crippen LogP contribution < -0.4 is 10.5 Å². The molecule has 0 unspecified atom stereocenters. The summed E-state index contributed by atoms with van der Waals surface area (Å²) in [7, 11) is 0. The first kappa shape index (κ1) is 16.1. The Morgan fingerprint density at radius 1 is 1.12 bits per heavy atom. The zero-order valence-corrected chi connectivity index (χ0v) is 13.6. The topological polar surface area (TPSA) is 73.9 Å². The van der Waals surface area contributed by atoms with Gasteiger partial charge in [-0.2, -0.15) is 0 Å². The highest BCUT2D eigenvalue weighted by Gasteiger charge is 2.12. The van der Waals surface area contributed by atoms with Crippen molar-refractivity contribution < 1.29 is 9.13 Å². The highest BCUT2D eigenvalue weighted by Crippen LogP contribution is 2.27. The molecule has 0 atom stereocenters. The van der Waals surface area contributed by atoms with E-state index in [1.807, 2.05) is 6.92 Å². The van der Waals surface area contributed by atoms with E-state index in [0.29, 0.717) is 28.6 Å². The molecule has 3 rings (SSSR count). The average molecular weight is 345 g/mol. The third-order valence-electron chi connectivity index (χ3n) is 3.57. The lowest BCUT2D eigenvalue weighted by Crippen LogP contribution is -2.02. The largest absolute Gasteiger partial charge is 0.437 e. The molecule has 122 valence electrons. The molecule has 0 fully saturated rings. The average Bonchev–Trinajstić information content (AvgIpc) is 2.57. The Kier molecular flexibility index (Phi) is 4.57. The van der Waals surface area contributed by atoms with Gasteiger partial charge < -0.3 is 10.5 Å². The smallest absolute Gasteiger partial charge is 0.219 e. The van der Waals surface area contributed by atoms with E-state index in [4.69, 9.17) is 22.1 Å². The lowest BCUT2D eigenvalue weighted by molar-refractivity contribution is 0.456. The molecule has 5 nitrogen and oxygen atoms in total. The van der Waals surface area contributed by atoms with Crippen molar-refractivity contribution in [2.24, 2.45) is 0 Å². The highest BCUT2D eigenvalue weighted by atomic mass is 35.5.